The Labute approximate surface area is 116 Å². The van der Waals surface area contributed by atoms with Crippen LogP contribution in [0.3, 0.4) is 0 Å². The van der Waals surface area contributed by atoms with Crippen molar-refractivity contribution >= 4 is 0 Å². The van der Waals surface area contributed by atoms with Crippen molar-refractivity contribution < 1.29 is 0 Å². The highest BCUT2D eigenvalue weighted by atomic mass is 15.0. The average Bonchev–Trinajstić information content (AvgIpc) is 2.42. The zero-order valence-corrected chi connectivity index (χ0v) is 12.5. The predicted molar refractivity (Wildman–Crippen MR) is 78.9 cm³/mol. The summed E-state index contributed by atoms with van der Waals surface area (Å²) in [5.41, 5.74) is 2.14. The standard InChI is InChI=1S/C17H24N2/c1-5-13(2)19-17(12-18)11-10-16(3,4)14-8-6-7-9-15(14)17/h6-9,13,19H,5,10-11H2,1-4H3. The maximum atomic E-state index is 9.79. The van der Waals surface area contributed by atoms with Crippen LogP contribution < -0.4 is 5.32 Å². The van der Waals surface area contributed by atoms with Gasteiger partial charge in [0, 0.05) is 6.04 Å². The summed E-state index contributed by atoms with van der Waals surface area (Å²) < 4.78 is 0. The molecule has 0 bridgehead atoms. The first-order valence-electron chi connectivity index (χ1n) is 7.24. The van der Waals surface area contributed by atoms with E-state index in [9.17, 15) is 5.26 Å². The minimum Gasteiger partial charge on any atom is -0.293 e. The molecule has 1 aromatic rings. The minimum absolute atomic E-state index is 0.161. The first-order chi connectivity index (χ1) is 8.95. The van der Waals surface area contributed by atoms with Gasteiger partial charge in [-0.05, 0) is 42.7 Å². The van der Waals surface area contributed by atoms with E-state index in [-0.39, 0.29) is 5.41 Å². The lowest BCUT2D eigenvalue weighted by Gasteiger charge is -2.43. The van der Waals surface area contributed by atoms with Gasteiger partial charge in [-0.2, -0.15) is 5.26 Å². The summed E-state index contributed by atoms with van der Waals surface area (Å²) in [5, 5.41) is 13.4. The van der Waals surface area contributed by atoms with Gasteiger partial charge in [0.25, 0.3) is 0 Å². The zero-order chi connectivity index (χ0) is 14.1. The van der Waals surface area contributed by atoms with E-state index >= 15 is 0 Å². The fraction of sp³-hybridized carbons (Fsp3) is 0.588. The summed E-state index contributed by atoms with van der Waals surface area (Å²) in [5.74, 6) is 0. The number of benzene rings is 1. The molecule has 2 nitrogen and oxygen atoms in total. The third-order valence-electron chi connectivity index (χ3n) is 4.54. The molecule has 0 fully saturated rings. The number of nitrogens with one attached hydrogen (secondary N) is 1. The van der Waals surface area contributed by atoms with Crippen LogP contribution in [0.15, 0.2) is 24.3 Å². The molecule has 0 saturated heterocycles. The molecule has 0 heterocycles. The summed E-state index contributed by atoms with van der Waals surface area (Å²) in [4.78, 5) is 0. The molecular formula is C17H24N2. The second-order valence-corrected chi connectivity index (χ2v) is 6.40. The van der Waals surface area contributed by atoms with Crippen molar-refractivity contribution in [3.63, 3.8) is 0 Å². The van der Waals surface area contributed by atoms with Crippen LogP contribution in [0.25, 0.3) is 0 Å². The van der Waals surface area contributed by atoms with Crippen molar-refractivity contribution in [2.24, 2.45) is 0 Å². The Balaban J connectivity index is 2.51. The molecule has 2 atom stereocenters. The van der Waals surface area contributed by atoms with Crippen molar-refractivity contribution in [1.29, 1.82) is 5.26 Å². The highest BCUT2D eigenvalue weighted by Gasteiger charge is 2.43. The van der Waals surface area contributed by atoms with E-state index < -0.39 is 5.54 Å². The number of hydrogen-bond donors (Lipinski definition) is 1. The quantitative estimate of drug-likeness (QED) is 0.891. The van der Waals surface area contributed by atoms with Crippen molar-refractivity contribution in [3.05, 3.63) is 35.4 Å². The Hall–Kier alpha value is -1.33. The van der Waals surface area contributed by atoms with E-state index in [0.29, 0.717) is 6.04 Å². The second kappa shape index (κ2) is 4.98. The molecule has 2 rings (SSSR count). The van der Waals surface area contributed by atoms with E-state index in [1.165, 1.54) is 11.1 Å². The van der Waals surface area contributed by atoms with Gasteiger partial charge < -0.3 is 0 Å². The Morgan fingerprint density at radius 1 is 1.26 bits per heavy atom. The number of nitrogens with zero attached hydrogens (tertiary/aromatic N) is 1. The summed E-state index contributed by atoms with van der Waals surface area (Å²) in [7, 11) is 0. The second-order valence-electron chi connectivity index (χ2n) is 6.40. The molecular weight excluding hydrogens is 232 g/mol. The van der Waals surface area contributed by atoms with E-state index in [1.54, 1.807) is 0 Å². The van der Waals surface area contributed by atoms with Crippen LogP contribution in [0.1, 0.15) is 58.1 Å². The third kappa shape index (κ3) is 2.40. The number of hydrogen-bond acceptors (Lipinski definition) is 2. The monoisotopic (exact) mass is 256 g/mol. The Kier molecular flexibility index (Phi) is 3.69. The topological polar surface area (TPSA) is 35.8 Å². The third-order valence-corrected chi connectivity index (χ3v) is 4.54. The molecule has 0 aliphatic heterocycles. The van der Waals surface area contributed by atoms with E-state index in [2.05, 4.69) is 57.3 Å². The molecule has 0 amide bonds. The van der Waals surface area contributed by atoms with Crippen LogP contribution in [0.5, 0.6) is 0 Å². The first-order valence-corrected chi connectivity index (χ1v) is 7.24. The molecule has 19 heavy (non-hydrogen) atoms. The lowest BCUT2D eigenvalue weighted by molar-refractivity contribution is 0.276. The molecule has 102 valence electrons. The van der Waals surface area contributed by atoms with E-state index in [1.807, 2.05) is 6.07 Å². The molecule has 0 saturated carbocycles. The molecule has 2 heteroatoms. The first kappa shape index (κ1) is 14.1. The minimum atomic E-state index is -0.512. The summed E-state index contributed by atoms with van der Waals surface area (Å²) in [6.45, 7) is 8.86. The van der Waals surface area contributed by atoms with Gasteiger partial charge >= 0.3 is 0 Å². The van der Waals surface area contributed by atoms with Crippen molar-refractivity contribution in [1.82, 2.24) is 5.32 Å². The maximum Gasteiger partial charge on any atom is 0.132 e. The van der Waals surface area contributed by atoms with E-state index in [0.717, 1.165) is 19.3 Å². The van der Waals surface area contributed by atoms with Crippen molar-refractivity contribution in [2.45, 2.75) is 64.0 Å². The van der Waals surface area contributed by atoms with Gasteiger partial charge in [-0.25, -0.2) is 0 Å². The summed E-state index contributed by atoms with van der Waals surface area (Å²) in [6, 6.07) is 11.3. The van der Waals surface area contributed by atoms with Gasteiger partial charge in [0.05, 0.1) is 6.07 Å². The highest BCUT2D eigenvalue weighted by Crippen LogP contribution is 2.44. The molecule has 1 N–H and O–H groups in total. The van der Waals surface area contributed by atoms with Crippen molar-refractivity contribution in [3.8, 4) is 6.07 Å². The lowest BCUT2D eigenvalue weighted by Crippen LogP contribution is -2.50. The van der Waals surface area contributed by atoms with Crippen LogP contribution in [-0.4, -0.2) is 6.04 Å². The number of rotatable bonds is 3. The van der Waals surface area contributed by atoms with Crippen LogP contribution >= 0.6 is 0 Å². The highest BCUT2D eigenvalue weighted by molar-refractivity contribution is 5.45. The summed E-state index contributed by atoms with van der Waals surface area (Å²) >= 11 is 0. The molecule has 2 unspecified atom stereocenters. The van der Waals surface area contributed by atoms with Crippen LogP contribution in [0.2, 0.25) is 0 Å². The van der Waals surface area contributed by atoms with Gasteiger partial charge in [0.1, 0.15) is 5.54 Å². The molecule has 1 aliphatic rings. The molecule has 0 spiro atoms. The predicted octanol–water partition coefficient (Wildman–Crippen LogP) is 3.86. The Morgan fingerprint density at radius 3 is 2.47 bits per heavy atom. The average molecular weight is 256 g/mol. The Morgan fingerprint density at radius 2 is 1.89 bits per heavy atom. The smallest absolute Gasteiger partial charge is 0.132 e. The molecule has 1 aliphatic carbocycles. The van der Waals surface area contributed by atoms with Crippen LogP contribution in [0.4, 0.5) is 0 Å². The normalized spacial score (nSPS) is 26.3. The zero-order valence-electron chi connectivity index (χ0n) is 12.5. The van der Waals surface area contributed by atoms with Crippen molar-refractivity contribution in [2.75, 3.05) is 0 Å². The summed E-state index contributed by atoms with van der Waals surface area (Å²) in [6.07, 6.45) is 2.97. The lowest BCUT2D eigenvalue weighted by atomic mass is 9.65. The van der Waals surface area contributed by atoms with Gasteiger partial charge in [0.2, 0.25) is 0 Å². The SMILES string of the molecule is CCC(C)NC1(C#N)CCC(C)(C)c2ccccc21. The van der Waals surface area contributed by atoms with Gasteiger partial charge in [-0.1, -0.05) is 45.0 Å². The number of nitriles is 1. The molecule has 0 radical (unpaired) electrons. The fourth-order valence-electron chi connectivity index (χ4n) is 3.04. The van der Waals surface area contributed by atoms with Crippen LogP contribution in [0, 0.1) is 11.3 Å². The molecule has 0 aromatic heterocycles. The number of fused-ring (bicyclic) bond motifs is 1. The van der Waals surface area contributed by atoms with E-state index in [4.69, 9.17) is 0 Å². The maximum absolute atomic E-state index is 9.79. The van der Waals surface area contributed by atoms with Crippen LogP contribution in [-0.2, 0) is 11.0 Å². The van der Waals surface area contributed by atoms with Gasteiger partial charge in [-0.3, -0.25) is 5.32 Å². The Bertz CT molecular complexity index is 498. The largest absolute Gasteiger partial charge is 0.293 e. The van der Waals surface area contributed by atoms with Gasteiger partial charge in [0.15, 0.2) is 0 Å². The van der Waals surface area contributed by atoms with Gasteiger partial charge in [-0.15, -0.1) is 0 Å². The molecule has 1 aromatic carbocycles. The fourth-order valence-corrected chi connectivity index (χ4v) is 3.04.